The van der Waals surface area contributed by atoms with Gasteiger partial charge in [-0.05, 0) is 18.9 Å². The second-order valence-corrected chi connectivity index (χ2v) is 5.51. The molecule has 0 aromatic heterocycles. The molecule has 2 rings (SSSR count). The van der Waals surface area contributed by atoms with Crippen molar-refractivity contribution in [3.8, 4) is 0 Å². The van der Waals surface area contributed by atoms with E-state index in [1.165, 1.54) is 12.1 Å². The number of hydrogen-bond acceptors (Lipinski definition) is 4. The summed E-state index contributed by atoms with van der Waals surface area (Å²) in [5, 5.41) is 22.4. The number of nitro groups is 1. The van der Waals surface area contributed by atoms with Crippen LogP contribution in [0.3, 0.4) is 0 Å². The summed E-state index contributed by atoms with van der Waals surface area (Å²) >= 11 is 0. The molecule has 0 spiro atoms. The Labute approximate surface area is 121 Å². The SMILES string of the molecule is CC1(C(=O)Nc2ccc([N+](=O)[O-])cc2C(=O)O)CCCC1. The summed E-state index contributed by atoms with van der Waals surface area (Å²) in [7, 11) is 0. The number of nitro benzene ring substituents is 1. The molecule has 1 fully saturated rings. The van der Waals surface area contributed by atoms with Gasteiger partial charge in [-0.25, -0.2) is 4.79 Å². The number of nitrogens with one attached hydrogen (secondary N) is 1. The molecule has 1 saturated carbocycles. The first-order chi connectivity index (χ1) is 9.83. The van der Waals surface area contributed by atoms with Crippen molar-refractivity contribution >= 4 is 23.3 Å². The minimum Gasteiger partial charge on any atom is -0.478 e. The first-order valence-corrected chi connectivity index (χ1v) is 6.67. The molecular weight excluding hydrogens is 276 g/mol. The quantitative estimate of drug-likeness (QED) is 0.655. The Hall–Kier alpha value is -2.44. The van der Waals surface area contributed by atoms with E-state index in [0.717, 1.165) is 31.7 Å². The van der Waals surface area contributed by atoms with Gasteiger partial charge in [0.05, 0.1) is 16.2 Å². The Balaban J connectivity index is 2.29. The smallest absolute Gasteiger partial charge is 0.338 e. The molecule has 7 heteroatoms. The molecule has 0 atom stereocenters. The topological polar surface area (TPSA) is 110 Å². The maximum Gasteiger partial charge on any atom is 0.338 e. The van der Waals surface area contributed by atoms with Crippen LogP contribution in [0.2, 0.25) is 0 Å². The molecule has 0 aliphatic heterocycles. The van der Waals surface area contributed by atoms with Gasteiger partial charge < -0.3 is 10.4 Å². The molecule has 0 unspecified atom stereocenters. The molecule has 2 N–H and O–H groups in total. The zero-order chi connectivity index (χ0) is 15.6. The van der Waals surface area contributed by atoms with Gasteiger partial charge in [-0.1, -0.05) is 19.8 Å². The van der Waals surface area contributed by atoms with Crippen molar-refractivity contribution in [2.24, 2.45) is 5.41 Å². The van der Waals surface area contributed by atoms with Crippen LogP contribution in [0.15, 0.2) is 18.2 Å². The van der Waals surface area contributed by atoms with Gasteiger partial charge >= 0.3 is 5.97 Å². The van der Waals surface area contributed by atoms with Gasteiger partial charge in [0.15, 0.2) is 0 Å². The van der Waals surface area contributed by atoms with Gasteiger partial charge in [-0.3, -0.25) is 14.9 Å². The van der Waals surface area contributed by atoms with Gasteiger partial charge in [0, 0.05) is 17.5 Å². The number of amides is 1. The molecule has 0 radical (unpaired) electrons. The van der Waals surface area contributed by atoms with Crippen LogP contribution in [0.1, 0.15) is 43.0 Å². The fraction of sp³-hybridized carbons (Fsp3) is 0.429. The second-order valence-electron chi connectivity index (χ2n) is 5.51. The molecule has 1 aromatic carbocycles. The molecule has 21 heavy (non-hydrogen) atoms. The predicted molar refractivity (Wildman–Crippen MR) is 75.3 cm³/mol. The van der Waals surface area contributed by atoms with Crippen molar-refractivity contribution in [2.45, 2.75) is 32.6 Å². The number of aromatic carboxylic acids is 1. The van der Waals surface area contributed by atoms with Crippen LogP contribution >= 0.6 is 0 Å². The molecule has 112 valence electrons. The number of hydrogen-bond donors (Lipinski definition) is 2. The number of anilines is 1. The average Bonchev–Trinajstić information content (AvgIpc) is 2.87. The normalized spacial score (nSPS) is 16.4. The van der Waals surface area contributed by atoms with Crippen LogP contribution in [-0.2, 0) is 4.79 Å². The lowest BCUT2D eigenvalue weighted by Crippen LogP contribution is -2.31. The molecule has 0 saturated heterocycles. The molecule has 0 heterocycles. The van der Waals surface area contributed by atoms with E-state index in [0.29, 0.717) is 0 Å². The molecule has 1 amide bonds. The predicted octanol–water partition coefficient (Wildman–Crippen LogP) is 2.81. The van der Waals surface area contributed by atoms with Crippen molar-refractivity contribution in [1.29, 1.82) is 0 Å². The van der Waals surface area contributed by atoms with Gasteiger partial charge in [-0.15, -0.1) is 0 Å². The molecular formula is C14H16N2O5. The van der Waals surface area contributed by atoms with Crippen LogP contribution in [0.5, 0.6) is 0 Å². The summed E-state index contributed by atoms with van der Waals surface area (Å²) < 4.78 is 0. The first kappa shape index (κ1) is 15.0. The number of carboxylic acid groups (broad SMARTS) is 1. The van der Waals surface area contributed by atoms with Crippen molar-refractivity contribution in [3.05, 3.63) is 33.9 Å². The minimum absolute atomic E-state index is 0.0891. The fourth-order valence-electron chi connectivity index (χ4n) is 2.59. The van der Waals surface area contributed by atoms with E-state index in [4.69, 9.17) is 5.11 Å². The standard InChI is InChI=1S/C14H16N2O5/c1-14(6-2-3-7-14)13(19)15-11-5-4-9(16(20)21)8-10(11)12(17)18/h4-5,8H,2-3,6-7H2,1H3,(H,15,19)(H,17,18). The van der Waals surface area contributed by atoms with Crippen LogP contribution in [0, 0.1) is 15.5 Å². The van der Waals surface area contributed by atoms with E-state index in [-0.39, 0.29) is 22.8 Å². The Morgan fingerprint density at radius 2 is 1.95 bits per heavy atom. The molecule has 0 bridgehead atoms. The number of nitrogens with zero attached hydrogens (tertiary/aromatic N) is 1. The Morgan fingerprint density at radius 3 is 2.48 bits per heavy atom. The first-order valence-electron chi connectivity index (χ1n) is 6.67. The van der Waals surface area contributed by atoms with Crippen molar-refractivity contribution < 1.29 is 19.6 Å². The third-order valence-electron chi connectivity index (χ3n) is 3.95. The highest BCUT2D eigenvalue weighted by Gasteiger charge is 2.36. The molecule has 1 aliphatic carbocycles. The summed E-state index contributed by atoms with van der Waals surface area (Å²) in [5.41, 5.74) is -1.01. The van der Waals surface area contributed by atoms with Crippen molar-refractivity contribution in [3.63, 3.8) is 0 Å². The zero-order valence-electron chi connectivity index (χ0n) is 11.6. The summed E-state index contributed by atoms with van der Waals surface area (Å²) in [6, 6.07) is 3.39. The number of non-ortho nitro benzene ring substituents is 1. The van der Waals surface area contributed by atoms with E-state index >= 15 is 0 Å². The van der Waals surface area contributed by atoms with Gasteiger partial charge in [0.2, 0.25) is 5.91 Å². The van der Waals surface area contributed by atoms with E-state index in [2.05, 4.69) is 5.32 Å². The van der Waals surface area contributed by atoms with Crippen molar-refractivity contribution in [1.82, 2.24) is 0 Å². The van der Waals surface area contributed by atoms with Gasteiger partial charge in [0.25, 0.3) is 5.69 Å². The highest BCUT2D eigenvalue weighted by molar-refractivity contribution is 6.02. The largest absolute Gasteiger partial charge is 0.478 e. The number of carbonyl (C=O) groups excluding carboxylic acids is 1. The molecule has 7 nitrogen and oxygen atoms in total. The fourth-order valence-corrected chi connectivity index (χ4v) is 2.59. The van der Waals surface area contributed by atoms with Gasteiger partial charge in [-0.2, -0.15) is 0 Å². The second kappa shape index (κ2) is 5.51. The monoisotopic (exact) mass is 292 g/mol. The van der Waals surface area contributed by atoms with Crippen LogP contribution in [-0.4, -0.2) is 21.9 Å². The van der Waals surface area contributed by atoms with Crippen LogP contribution in [0.4, 0.5) is 11.4 Å². The summed E-state index contributed by atoms with van der Waals surface area (Å²) in [4.78, 5) is 33.5. The third kappa shape index (κ3) is 3.01. The van der Waals surface area contributed by atoms with E-state index in [1.54, 1.807) is 0 Å². The number of benzene rings is 1. The van der Waals surface area contributed by atoms with Crippen molar-refractivity contribution in [2.75, 3.05) is 5.32 Å². The van der Waals surface area contributed by atoms with Crippen LogP contribution in [0.25, 0.3) is 0 Å². The molecule has 1 aliphatic rings. The van der Waals surface area contributed by atoms with Crippen LogP contribution < -0.4 is 5.32 Å². The zero-order valence-corrected chi connectivity index (χ0v) is 11.6. The number of carboxylic acids is 1. The summed E-state index contributed by atoms with van der Waals surface area (Å²) in [5.74, 6) is -1.55. The Bertz CT molecular complexity index is 605. The lowest BCUT2D eigenvalue weighted by molar-refractivity contribution is -0.384. The Kier molecular flexibility index (Phi) is 3.93. The number of carbonyl (C=O) groups is 2. The maximum absolute atomic E-state index is 12.3. The van der Waals surface area contributed by atoms with E-state index < -0.39 is 16.3 Å². The third-order valence-corrected chi connectivity index (χ3v) is 3.95. The summed E-state index contributed by atoms with van der Waals surface area (Å²) in [6.45, 7) is 1.85. The van der Waals surface area contributed by atoms with E-state index in [1.807, 2.05) is 6.92 Å². The summed E-state index contributed by atoms with van der Waals surface area (Å²) in [6.07, 6.45) is 3.45. The molecule has 1 aromatic rings. The highest BCUT2D eigenvalue weighted by Crippen LogP contribution is 2.38. The average molecular weight is 292 g/mol. The minimum atomic E-state index is -1.31. The lowest BCUT2D eigenvalue weighted by atomic mass is 9.87. The van der Waals surface area contributed by atoms with E-state index in [9.17, 15) is 19.7 Å². The highest BCUT2D eigenvalue weighted by atomic mass is 16.6. The number of rotatable bonds is 4. The lowest BCUT2D eigenvalue weighted by Gasteiger charge is -2.22. The van der Waals surface area contributed by atoms with Gasteiger partial charge in [0.1, 0.15) is 0 Å². The maximum atomic E-state index is 12.3. The Morgan fingerprint density at radius 1 is 1.33 bits per heavy atom.